The van der Waals surface area contributed by atoms with Crippen molar-refractivity contribution in [3.63, 3.8) is 0 Å². The van der Waals surface area contributed by atoms with Crippen LogP contribution in [-0.4, -0.2) is 68.2 Å². The van der Waals surface area contributed by atoms with E-state index in [2.05, 4.69) is 30.8 Å². The Hall–Kier alpha value is -2.97. The number of carbonyl (C=O) groups is 1. The van der Waals surface area contributed by atoms with Crippen LogP contribution in [0.3, 0.4) is 0 Å². The summed E-state index contributed by atoms with van der Waals surface area (Å²) < 4.78 is 5.34. The predicted octanol–water partition coefficient (Wildman–Crippen LogP) is 1.65. The fourth-order valence-corrected chi connectivity index (χ4v) is 3.33. The highest BCUT2D eigenvalue weighted by Gasteiger charge is 2.12. The highest BCUT2D eigenvalue weighted by Crippen LogP contribution is 2.11. The molecule has 0 atom stereocenters. The number of nitrogens with zero attached hydrogens (tertiary/aromatic N) is 3. The zero-order chi connectivity index (χ0) is 21.7. The standard InChI is InChI=1S/C23H32N6O2/c1-24-23(26-11-8-20-6-2-3-10-25-20)27-18-19-5-4-7-21(17-19)28-22(30)9-12-29-13-15-31-16-14-29/h2-7,10,17H,8-9,11-16,18H2,1H3,(H,28,30)(H2,24,26,27). The molecule has 0 bridgehead atoms. The zero-order valence-corrected chi connectivity index (χ0v) is 18.1. The molecule has 2 heterocycles. The molecule has 0 radical (unpaired) electrons. The van der Waals surface area contributed by atoms with Gasteiger partial charge in [-0.25, -0.2) is 0 Å². The molecule has 31 heavy (non-hydrogen) atoms. The zero-order valence-electron chi connectivity index (χ0n) is 18.1. The van der Waals surface area contributed by atoms with Crippen LogP contribution in [0.5, 0.6) is 0 Å². The van der Waals surface area contributed by atoms with Crippen molar-refractivity contribution in [3.05, 3.63) is 59.9 Å². The second-order valence-electron chi connectivity index (χ2n) is 7.38. The van der Waals surface area contributed by atoms with Crippen LogP contribution in [0.1, 0.15) is 17.7 Å². The number of guanidine groups is 1. The summed E-state index contributed by atoms with van der Waals surface area (Å²) in [5, 5.41) is 9.60. The van der Waals surface area contributed by atoms with E-state index in [0.717, 1.165) is 68.7 Å². The molecule has 2 aromatic rings. The molecule has 3 rings (SSSR count). The Kier molecular flexibility index (Phi) is 9.28. The summed E-state index contributed by atoms with van der Waals surface area (Å²) in [5.41, 5.74) is 2.92. The number of nitrogens with one attached hydrogen (secondary N) is 3. The van der Waals surface area contributed by atoms with E-state index in [1.807, 2.05) is 42.5 Å². The van der Waals surface area contributed by atoms with Gasteiger partial charge in [-0.05, 0) is 29.8 Å². The molecule has 0 aliphatic carbocycles. The summed E-state index contributed by atoms with van der Waals surface area (Å²) in [4.78, 5) is 23.1. The fraction of sp³-hybridized carbons (Fsp3) is 0.435. The second-order valence-corrected chi connectivity index (χ2v) is 7.38. The van der Waals surface area contributed by atoms with Gasteiger partial charge in [0.05, 0.1) is 13.2 Å². The quantitative estimate of drug-likeness (QED) is 0.419. The lowest BCUT2D eigenvalue weighted by atomic mass is 10.2. The third-order valence-corrected chi connectivity index (χ3v) is 5.05. The van der Waals surface area contributed by atoms with Crippen molar-refractivity contribution < 1.29 is 9.53 Å². The molecule has 3 N–H and O–H groups in total. The number of ether oxygens (including phenoxy) is 1. The molecule has 1 fully saturated rings. The van der Waals surface area contributed by atoms with Gasteiger partial charge >= 0.3 is 0 Å². The number of amides is 1. The van der Waals surface area contributed by atoms with Crippen LogP contribution in [-0.2, 0) is 22.5 Å². The summed E-state index contributed by atoms with van der Waals surface area (Å²) in [7, 11) is 1.75. The molecular weight excluding hydrogens is 392 g/mol. The van der Waals surface area contributed by atoms with Gasteiger partial charge in [0.25, 0.3) is 0 Å². The van der Waals surface area contributed by atoms with Gasteiger partial charge in [-0.2, -0.15) is 0 Å². The lowest BCUT2D eigenvalue weighted by Crippen LogP contribution is -2.38. The number of morpholine rings is 1. The molecule has 1 aromatic heterocycles. The average molecular weight is 425 g/mol. The molecule has 0 unspecified atom stereocenters. The smallest absolute Gasteiger partial charge is 0.225 e. The highest BCUT2D eigenvalue weighted by molar-refractivity contribution is 5.90. The maximum Gasteiger partial charge on any atom is 0.225 e. The average Bonchev–Trinajstić information content (AvgIpc) is 2.81. The topological polar surface area (TPSA) is 90.9 Å². The van der Waals surface area contributed by atoms with E-state index in [1.54, 1.807) is 13.2 Å². The van der Waals surface area contributed by atoms with Gasteiger partial charge in [-0.15, -0.1) is 0 Å². The van der Waals surface area contributed by atoms with Crippen molar-refractivity contribution >= 4 is 17.6 Å². The molecule has 0 spiro atoms. The van der Waals surface area contributed by atoms with E-state index in [1.165, 1.54) is 0 Å². The lowest BCUT2D eigenvalue weighted by Gasteiger charge is -2.26. The Labute approximate surface area is 184 Å². The van der Waals surface area contributed by atoms with E-state index in [0.29, 0.717) is 13.0 Å². The number of aliphatic imine (C=N–C) groups is 1. The molecule has 1 aliphatic rings. The number of hydrogen-bond acceptors (Lipinski definition) is 5. The normalized spacial score (nSPS) is 14.8. The van der Waals surface area contributed by atoms with E-state index in [4.69, 9.17) is 4.74 Å². The summed E-state index contributed by atoms with van der Waals surface area (Å²) in [5.74, 6) is 0.763. The fourth-order valence-electron chi connectivity index (χ4n) is 3.33. The maximum absolute atomic E-state index is 12.3. The monoisotopic (exact) mass is 424 g/mol. The summed E-state index contributed by atoms with van der Waals surface area (Å²) in [6.45, 7) is 5.40. The van der Waals surface area contributed by atoms with Crippen LogP contribution in [0.15, 0.2) is 53.7 Å². The first kappa shape index (κ1) is 22.7. The van der Waals surface area contributed by atoms with Gasteiger partial charge in [0, 0.05) is 70.2 Å². The van der Waals surface area contributed by atoms with Gasteiger partial charge in [0.2, 0.25) is 5.91 Å². The Morgan fingerprint density at radius 2 is 2.03 bits per heavy atom. The Bertz CT molecular complexity index is 837. The van der Waals surface area contributed by atoms with E-state index in [-0.39, 0.29) is 5.91 Å². The van der Waals surface area contributed by atoms with E-state index < -0.39 is 0 Å². The second kappa shape index (κ2) is 12.7. The Morgan fingerprint density at radius 3 is 2.81 bits per heavy atom. The van der Waals surface area contributed by atoms with E-state index in [9.17, 15) is 4.79 Å². The third-order valence-electron chi connectivity index (χ3n) is 5.05. The molecule has 0 saturated carbocycles. The summed E-state index contributed by atoms with van der Waals surface area (Å²) in [6.07, 6.45) is 3.11. The van der Waals surface area contributed by atoms with Gasteiger partial charge < -0.3 is 20.7 Å². The molecule has 166 valence electrons. The van der Waals surface area contributed by atoms with Crippen LogP contribution in [0, 0.1) is 0 Å². The van der Waals surface area contributed by atoms with E-state index >= 15 is 0 Å². The van der Waals surface area contributed by atoms with Crippen LogP contribution >= 0.6 is 0 Å². The van der Waals surface area contributed by atoms with Crippen molar-refractivity contribution in [3.8, 4) is 0 Å². The van der Waals surface area contributed by atoms with Crippen LogP contribution < -0.4 is 16.0 Å². The molecule has 1 saturated heterocycles. The minimum atomic E-state index is 0.0311. The minimum absolute atomic E-state index is 0.0311. The molecule has 8 heteroatoms. The van der Waals surface area contributed by atoms with Gasteiger partial charge in [-0.3, -0.25) is 19.7 Å². The Balaban J connectivity index is 1.39. The SMILES string of the molecule is CN=C(NCCc1ccccn1)NCc1cccc(NC(=O)CCN2CCOCC2)c1. The lowest BCUT2D eigenvalue weighted by molar-refractivity contribution is -0.116. The number of anilines is 1. The highest BCUT2D eigenvalue weighted by atomic mass is 16.5. The van der Waals surface area contributed by atoms with Crippen molar-refractivity contribution in [2.24, 2.45) is 4.99 Å². The molecule has 1 aromatic carbocycles. The summed E-state index contributed by atoms with van der Waals surface area (Å²) in [6, 6.07) is 13.8. The largest absolute Gasteiger partial charge is 0.379 e. The molecule has 1 aliphatic heterocycles. The molecular formula is C23H32N6O2. The first-order valence-corrected chi connectivity index (χ1v) is 10.8. The van der Waals surface area contributed by atoms with Gasteiger partial charge in [0.15, 0.2) is 5.96 Å². The molecule has 1 amide bonds. The minimum Gasteiger partial charge on any atom is -0.379 e. The van der Waals surface area contributed by atoms with Gasteiger partial charge in [0.1, 0.15) is 0 Å². The number of carbonyl (C=O) groups excluding carboxylic acids is 1. The predicted molar refractivity (Wildman–Crippen MR) is 123 cm³/mol. The van der Waals surface area contributed by atoms with Crippen LogP contribution in [0.4, 0.5) is 5.69 Å². The summed E-state index contributed by atoms with van der Waals surface area (Å²) >= 11 is 0. The van der Waals surface area contributed by atoms with Crippen molar-refractivity contribution in [1.82, 2.24) is 20.5 Å². The number of aromatic nitrogens is 1. The number of pyridine rings is 1. The Morgan fingerprint density at radius 1 is 1.16 bits per heavy atom. The maximum atomic E-state index is 12.3. The van der Waals surface area contributed by atoms with Crippen LogP contribution in [0.2, 0.25) is 0 Å². The van der Waals surface area contributed by atoms with Crippen molar-refractivity contribution in [2.75, 3.05) is 51.8 Å². The van der Waals surface area contributed by atoms with Crippen molar-refractivity contribution in [2.45, 2.75) is 19.4 Å². The number of hydrogen-bond donors (Lipinski definition) is 3. The third kappa shape index (κ3) is 8.35. The van der Waals surface area contributed by atoms with Crippen LogP contribution in [0.25, 0.3) is 0 Å². The number of rotatable bonds is 9. The first-order chi connectivity index (χ1) is 15.2. The molecule has 8 nitrogen and oxygen atoms in total. The van der Waals surface area contributed by atoms with Gasteiger partial charge in [-0.1, -0.05) is 18.2 Å². The number of benzene rings is 1. The first-order valence-electron chi connectivity index (χ1n) is 10.8. The van der Waals surface area contributed by atoms with Crippen molar-refractivity contribution in [1.29, 1.82) is 0 Å².